The highest BCUT2D eigenvalue weighted by molar-refractivity contribution is 5.85. The molecular weight excluding hydrogens is 276 g/mol. The van der Waals surface area contributed by atoms with Crippen LogP contribution in [-0.2, 0) is 6.42 Å². The van der Waals surface area contributed by atoms with E-state index in [1.807, 2.05) is 13.0 Å². The molecule has 0 aliphatic carbocycles. The summed E-state index contributed by atoms with van der Waals surface area (Å²) in [7, 11) is 0. The third-order valence-electron chi connectivity index (χ3n) is 3.39. The number of nitro groups is 1. The molecule has 0 amide bonds. The maximum atomic E-state index is 10.9. The molecule has 0 aliphatic heterocycles. The second-order valence-electron chi connectivity index (χ2n) is 4.91. The summed E-state index contributed by atoms with van der Waals surface area (Å²) in [6.07, 6.45) is 3.18. The molecule has 114 valence electrons. The van der Waals surface area contributed by atoms with Crippen molar-refractivity contribution in [3.8, 4) is 0 Å². The minimum absolute atomic E-state index is 0. The number of halogens is 1. The minimum Gasteiger partial charge on any atom is -0.303 e. The quantitative estimate of drug-likeness (QED) is 0.539. The van der Waals surface area contributed by atoms with Gasteiger partial charge < -0.3 is 4.90 Å². The van der Waals surface area contributed by atoms with Gasteiger partial charge in [0.25, 0.3) is 5.69 Å². The molecule has 0 saturated carbocycles. The second kappa shape index (κ2) is 9.72. The molecule has 0 radical (unpaired) electrons. The molecule has 0 aromatic heterocycles. The average Bonchev–Trinajstić information content (AvgIpc) is 2.37. The van der Waals surface area contributed by atoms with Crippen molar-refractivity contribution in [2.75, 3.05) is 19.6 Å². The normalized spacial score (nSPS) is 10.4. The van der Waals surface area contributed by atoms with Gasteiger partial charge in [0.05, 0.1) is 4.92 Å². The Morgan fingerprint density at radius 2 is 1.75 bits per heavy atom. The number of hydrogen-bond acceptors (Lipinski definition) is 3. The van der Waals surface area contributed by atoms with Crippen LogP contribution in [-0.4, -0.2) is 29.5 Å². The van der Waals surface area contributed by atoms with Crippen LogP contribution in [0.3, 0.4) is 0 Å². The topological polar surface area (TPSA) is 46.4 Å². The molecule has 0 bridgehead atoms. The van der Waals surface area contributed by atoms with E-state index in [4.69, 9.17) is 0 Å². The largest absolute Gasteiger partial charge is 0.303 e. The number of hydrogen-bond donors (Lipinski definition) is 0. The molecule has 0 unspecified atom stereocenters. The lowest BCUT2D eigenvalue weighted by molar-refractivity contribution is -0.385. The van der Waals surface area contributed by atoms with Crippen molar-refractivity contribution in [2.24, 2.45) is 0 Å². The van der Waals surface area contributed by atoms with Gasteiger partial charge in [-0.15, -0.1) is 12.4 Å². The van der Waals surface area contributed by atoms with Gasteiger partial charge in [-0.1, -0.05) is 26.0 Å². The van der Waals surface area contributed by atoms with Crippen molar-refractivity contribution in [2.45, 2.75) is 40.0 Å². The number of nitrogens with zero attached hydrogens (tertiary/aromatic N) is 2. The molecule has 5 heteroatoms. The molecule has 4 nitrogen and oxygen atoms in total. The van der Waals surface area contributed by atoms with Crippen molar-refractivity contribution >= 4 is 18.1 Å². The Bertz CT molecular complexity index is 418. The van der Waals surface area contributed by atoms with Crippen LogP contribution in [0.4, 0.5) is 5.69 Å². The lowest BCUT2D eigenvalue weighted by Crippen LogP contribution is -2.27. The molecule has 0 fully saturated rings. The van der Waals surface area contributed by atoms with Crippen LogP contribution in [0.15, 0.2) is 18.2 Å². The first-order chi connectivity index (χ1) is 9.10. The summed E-state index contributed by atoms with van der Waals surface area (Å²) in [4.78, 5) is 13.0. The van der Waals surface area contributed by atoms with E-state index < -0.39 is 0 Å². The summed E-state index contributed by atoms with van der Waals surface area (Å²) in [5.41, 5.74) is 2.13. The Balaban J connectivity index is 0.00000361. The van der Waals surface area contributed by atoms with Crippen molar-refractivity contribution in [1.29, 1.82) is 0 Å². The highest BCUT2D eigenvalue weighted by Gasteiger charge is 2.13. The molecular formula is C15H25ClN2O2. The molecule has 0 atom stereocenters. The van der Waals surface area contributed by atoms with Gasteiger partial charge in [0.2, 0.25) is 0 Å². The van der Waals surface area contributed by atoms with Gasteiger partial charge in [0, 0.05) is 18.2 Å². The maximum absolute atomic E-state index is 10.9. The minimum atomic E-state index is -0.297. The summed E-state index contributed by atoms with van der Waals surface area (Å²) in [6.45, 7) is 9.38. The van der Waals surface area contributed by atoms with E-state index in [1.54, 1.807) is 12.1 Å². The number of nitro benzene ring substituents is 1. The van der Waals surface area contributed by atoms with Gasteiger partial charge in [0.15, 0.2) is 0 Å². The van der Waals surface area contributed by atoms with Crippen LogP contribution in [0, 0.1) is 17.0 Å². The van der Waals surface area contributed by atoms with Crippen molar-refractivity contribution in [1.82, 2.24) is 4.90 Å². The standard InChI is InChI=1S/C15H24N2O2.ClH/c1-4-10-16(11-5-2)12-9-14-7-6-8-15(13(14)3)17(18)19;/h6-8H,4-5,9-12H2,1-3H3;1H. The number of rotatable bonds is 8. The Morgan fingerprint density at radius 3 is 2.25 bits per heavy atom. The van der Waals surface area contributed by atoms with Crippen LogP contribution in [0.2, 0.25) is 0 Å². The summed E-state index contributed by atoms with van der Waals surface area (Å²) in [6, 6.07) is 5.36. The van der Waals surface area contributed by atoms with Gasteiger partial charge in [0.1, 0.15) is 0 Å². The molecule has 0 N–H and O–H groups in total. The predicted octanol–water partition coefficient (Wildman–Crippen LogP) is 3.99. The summed E-state index contributed by atoms with van der Waals surface area (Å²) in [5, 5.41) is 10.9. The van der Waals surface area contributed by atoms with Crippen LogP contribution in [0.5, 0.6) is 0 Å². The molecule has 20 heavy (non-hydrogen) atoms. The first-order valence-corrected chi connectivity index (χ1v) is 7.05. The fourth-order valence-corrected chi connectivity index (χ4v) is 2.38. The van der Waals surface area contributed by atoms with Gasteiger partial charge in [-0.25, -0.2) is 0 Å². The lowest BCUT2D eigenvalue weighted by Gasteiger charge is -2.21. The molecule has 1 rings (SSSR count). The SMILES string of the molecule is CCCN(CCC)CCc1cccc([N+](=O)[O-])c1C.Cl. The first kappa shape index (κ1) is 18.9. The first-order valence-electron chi connectivity index (χ1n) is 7.05. The van der Waals surface area contributed by atoms with E-state index >= 15 is 0 Å². The Kier molecular flexibility index (Phi) is 9.17. The summed E-state index contributed by atoms with van der Waals surface area (Å²) in [5.74, 6) is 0. The van der Waals surface area contributed by atoms with Crippen molar-refractivity contribution < 1.29 is 4.92 Å². The monoisotopic (exact) mass is 300 g/mol. The Hall–Kier alpha value is -1.13. The van der Waals surface area contributed by atoms with Crippen LogP contribution >= 0.6 is 12.4 Å². The highest BCUT2D eigenvalue weighted by atomic mass is 35.5. The second-order valence-corrected chi connectivity index (χ2v) is 4.91. The van der Waals surface area contributed by atoms with Crippen LogP contribution < -0.4 is 0 Å². The van der Waals surface area contributed by atoms with E-state index in [-0.39, 0.29) is 23.0 Å². The van der Waals surface area contributed by atoms with Crippen molar-refractivity contribution in [3.63, 3.8) is 0 Å². The van der Waals surface area contributed by atoms with Gasteiger partial charge in [-0.2, -0.15) is 0 Å². The number of benzene rings is 1. The molecule has 1 aromatic rings. The fraction of sp³-hybridized carbons (Fsp3) is 0.600. The van der Waals surface area contributed by atoms with E-state index in [0.717, 1.165) is 50.0 Å². The molecule has 1 aromatic carbocycles. The Labute approximate surface area is 127 Å². The lowest BCUT2D eigenvalue weighted by atomic mass is 10.0. The van der Waals surface area contributed by atoms with Gasteiger partial charge in [-0.3, -0.25) is 10.1 Å². The predicted molar refractivity (Wildman–Crippen MR) is 85.8 cm³/mol. The summed E-state index contributed by atoms with van der Waals surface area (Å²) >= 11 is 0. The Morgan fingerprint density at radius 1 is 1.15 bits per heavy atom. The van der Waals surface area contributed by atoms with E-state index in [9.17, 15) is 10.1 Å². The molecule has 0 aliphatic rings. The van der Waals surface area contributed by atoms with E-state index in [2.05, 4.69) is 18.7 Å². The third-order valence-corrected chi connectivity index (χ3v) is 3.39. The maximum Gasteiger partial charge on any atom is 0.272 e. The molecule has 0 spiro atoms. The van der Waals surface area contributed by atoms with Gasteiger partial charge >= 0.3 is 0 Å². The fourth-order valence-electron chi connectivity index (χ4n) is 2.38. The van der Waals surface area contributed by atoms with Crippen LogP contribution in [0.25, 0.3) is 0 Å². The average molecular weight is 301 g/mol. The molecule has 0 heterocycles. The van der Waals surface area contributed by atoms with E-state index in [1.165, 1.54) is 0 Å². The zero-order valence-electron chi connectivity index (χ0n) is 12.6. The molecule has 0 saturated heterocycles. The summed E-state index contributed by atoms with van der Waals surface area (Å²) < 4.78 is 0. The zero-order chi connectivity index (χ0) is 14.3. The van der Waals surface area contributed by atoms with Gasteiger partial charge in [-0.05, 0) is 44.8 Å². The van der Waals surface area contributed by atoms with Crippen molar-refractivity contribution in [3.05, 3.63) is 39.4 Å². The zero-order valence-corrected chi connectivity index (χ0v) is 13.4. The van der Waals surface area contributed by atoms with Crippen LogP contribution in [0.1, 0.15) is 37.8 Å². The smallest absolute Gasteiger partial charge is 0.272 e. The highest BCUT2D eigenvalue weighted by Crippen LogP contribution is 2.21. The van der Waals surface area contributed by atoms with E-state index in [0.29, 0.717) is 0 Å². The third kappa shape index (κ3) is 5.47.